The summed E-state index contributed by atoms with van der Waals surface area (Å²) in [5, 5.41) is 14.8. The van der Waals surface area contributed by atoms with Crippen LogP contribution in [0.5, 0.6) is 17.2 Å². The molecule has 0 amide bonds. The van der Waals surface area contributed by atoms with Crippen molar-refractivity contribution >= 4 is 11.4 Å². The number of oxime groups is 1. The summed E-state index contributed by atoms with van der Waals surface area (Å²) in [6.45, 7) is 0.290. The van der Waals surface area contributed by atoms with Crippen molar-refractivity contribution in [1.82, 2.24) is 0 Å². The van der Waals surface area contributed by atoms with Crippen LogP contribution in [0.25, 0.3) is 0 Å². The van der Waals surface area contributed by atoms with E-state index in [1.165, 1.54) is 12.1 Å². The van der Waals surface area contributed by atoms with Crippen molar-refractivity contribution in [3.05, 3.63) is 58.1 Å². The van der Waals surface area contributed by atoms with Gasteiger partial charge in [-0.15, -0.1) is 0 Å². The quantitative estimate of drug-likeness (QED) is 0.557. The smallest absolute Gasteiger partial charge is 0.269 e. The number of benzene rings is 2. The predicted octanol–water partition coefficient (Wildman–Crippen LogP) is 3.18. The summed E-state index contributed by atoms with van der Waals surface area (Å²) >= 11 is 0. The van der Waals surface area contributed by atoms with E-state index in [9.17, 15) is 10.1 Å². The first kappa shape index (κ1) is 17.5. The normalized spacial score (nSPS) is 15.8. The molecule has 0 bridgehead atoms. The summed E-state index contributed by atoms with van der Waals surface area (Å²) in [4.78, 5) is 15.6. The first-order valence-corrected chi connectivity index (χ1v) is 7.93. The van der Waals surface area contributed by atoms with Crippen LogP contribution >= 0.6 is 0 Å². The molecule has 0 N–H and O–H groups in total. The summed E-state index contributed by atoms with van der Waals surface area (Å²) in [7, 11) is 3.16. The molecule has 136 valence electrons. The van der Waals surface area contributed by atoms with Crippen LogP contribution in [0.1, 0.15) is 12.0 Å². The van der Waals surface area contributed by atoms with Crippen LogP contribution < -0.4 is 14.2 Å². The van der Waals surface area contributed by atoms with E-state index in [0.29, 0.717) is 23.7 Å². The highest BCUT2D eigenvalue weighted by atomic mass is 16.7. The fourth-order valence-corrected chi connectivity index (χ4v) is 2.56. The largest absolute Gasteiger partial charge is 0.493 e. The molecule has 1 atom stereocenters. The van der Waals surface area contributed by atoms with Crippen molar-refractivity contribution in [2.45, 2.75) is 12.5 Å². The fraction of sp³-hybridized carbons (Fsp3) is 0.278. The molecule has 0 saturated carbocycles. The highest BCUT2D eigenvalue weighted by Gasteiger charge is 2.24. The Morgan fingerprint density at radius 1 is 1.15 bits per heavy atom. The van der Waals surface area contributed by atoms with Gasteiger partial charge in [0.1, 0.15) is 12.4 Å². The minimum atomic E-state index is -0.451. The molecular weight excluding hydrogens is 340 g/mol. The number of methoxy groups -OCH3 is 2. The van der Waals surface area contributed by atoms with Crippen LogP contribution in [0, 0.1) is 10.1 Å². The Hall–Kier alpha value is -3.29. The first-order valence-electron chi connectivity index (χ1n) is 7.93. The number of hydrogen-bond donors (Lipinski definition) is 0. The van der Waals surface area contributed by atoms with Crippen LogP contribution in [0.15, 0.2) is 47.6 Å². The van der Waals surface area contributed by atoms with E-state index < -0.39 is 4.92 Å². The minimum Gasteiger partial charge on any atom is -0.493 e. The molecule has 0 aromatic heterocycles. The van der Waals surface area contributed by atoms with E-state index in [0.717, 1.165) is 11.3 Å². The van der Waals surface area contributed by atoms with Crippen LogP contribution in [0.3, 0.4) is 0 Å². The molecule has 8 heteroatoms. The number of rotatable bonds is 7. The second-order valence-corrected chi connectivity index (χ2v) is 5.60. The molecule has 0 radical (unpaired) electrons. The zero-order valence-electron chi connectivity index (χ0n) is 14.4. The lowest BCUT2D eigenvalue weighted by atomic mass is 10.0. The van der Waals surface area contributed by atoms with Crippen molar-refractivity contribution in [3.63, 3.8) is 0 Å². The predicted molar refractivity (Wildman–Crippen MR) is 94.2 cm³/mol. The lowest BCUT2D eigenvalue weighted by Crippen LogP contribution is -2.18. The second-order valence-electron chi connectivity index (χ2n) is 5.60. The van der Waals surface area contributed by atoms with Crippen LogP contribution in [-0.2, 0) is 4.84 Å². The van der Waals surface area contributed by atoms with Crippen molar-refractivity contribution < 1.29 is 24.0 Å². The Labute approximate surface area is 150 Å². The number of nitro benzene ring substituents is 1. The molecule has 2 aromatic rings. The van der Waals surface area contributed by atoms with Crippen LogP contribution in [0.2, 0.25) is 0 Å². The number of non-ortho nitro benzene ring substituents is 1. The zero-order chi connectivity index (χ0) is 18.5. The summed E-state index contributed by atoms with van der Waals surface area (Å²) in [5.74, 6) is 1.81. The zero-order valence-corrected chi connectivity index (χ0v) is 14.4. The van der Waals surface area contributed by atoms with Gasteiger partial charge >= 0.3 is 0 Å². The molecule has 1 aliphatic heterocycles. The molecule has 1 heterocycles. The van der Waals surface area contributed by atoms with Crippen LogP contribution in [-0.4, -0.2) is 37.6 Å². The molecule has 0 fully saturated rings. The van der Waals surface area contributed by atoms with Gasteiger partial charge in [0, 0.05) is 24.1 Å². The van der Waals surface area contributed by atoms with Gasteiger partial charge < -0.3 is 19.0 Å². The Morgan fingerprint density at radius 2 is 1.88 bits per heavy atom. The summed E-state index contributed by atoms with van der Waals surface area (Å²) in [5.41, 5.74) is 1.71. The molecule has 0 spiro atoms. The number of ether oxygens (including phenoxy) is 3. The van der Waals surface area contributed by atoms with E-state index in [1.807, 2.05) is 18.2 Å². The maximum absolute atomic E-state index is 10.6. The summed E-state index contributed by atoms with van der Waals surface area (Å²) in [6, 6.07) is 11.5. The van der Waals surface area contributed by atoms with Gasteiger partial charge in [0.05, 0.1) is 24.9 Å². The number of nitrogens with zero attached hydrogens (tertiary/aromatic N) is 2. The molecule has 1 aliphatic rings. The highest BCUT2D eigenvalue weighted by molar-refractivity contribution is 6.01. The van der Waals surface area contributed by atoms with Gasteiger partial charge in [-0.2, -0.15) is 0 Å². The van der Waals surface area contributed by atoms with Gasteiger partial charge in [-0.3, -0.25) is 10.1 Å². The van der Waals surface area contributed by atoms with Gasteiger partial charge in [-0.1, -0.05) is 5.16 Å². The third-order valence-electron chi connectivity index (χ3n) is 3.93. The van der Waals surface area contributed by atoms with E-state index in [2.05, 4.69) is 5.16 Å². The van der Waals surface area contributed by atoms with Gasteiger partial charge in [0.25, 0.3) is 5.69 Å². The third kappa shape index (κ3) is 3.85. The van der Waals surface area contributed by atoms with Gasteiger partial charge in [0.2, 0.25) is 0 Å². The molecule has 3 rings (SSSR count). The summed E-state index contributed by atoms with van der Waals surface area (Å²) < 4.78 is 16.2. The minimum absolute atomic E-state index is 0.0218. The lowest BCUT2D eigenvalue weighted by molar-refractivity contribution is -0.384. The average Bonchev–Trinajstić information content (AvgIpc) is 3.15. The monoisotopic (exact) mass is 358 g/mol. The molecule has 8 nitrogen and oxygen atoms in total. The van der Waals surface area contributed by atoms with Gasteiger partial charge in [-0.25, -0.2) is 0 Å². The fourth-order valence-electron chi connectivity index (χ4n) is 2.56. The topological polar surface area (TPSA) is 92.4 Å². The van der Waals surface area contributed by atoms with Crippen LogP contribution in [0.4, 0.5) is 5.69 Å². The van der Waals surface area contributed by atoms with Crippen molar-refractivity contribution in [2.75, 3.05) is 20.8 Å². The SMILES string of the molecule is COc1ccc(C2=NO[C@@H](COc3ccc([N+](=O)[O-])cc3)C2)cc1OC. The third-order valence-corrected chi connectivity index (χ3v) is 3.93. The average molecular weight is 358 g/mol. The van der Waals surface area contributed by atoms with E-state index >= 15 is 0 Å². The van der Waals surface area contributed by atoms with Gasteiger partial charge in [-0.05, 0) is 30.3 Å². The first-order chi connectivity index (χ1) is 12.6. The molecular formula is C18H18N2O6. The van der Waals surface area contributed by atoms with E-state index in [4.69, 9.17) is 19.0 Å². The molecule has 26 heavy (non-hydrogen) atoms. The number of hydrogen-bond acceptors (Lipinski definition) is 7. The van der Waals surface area contributed by atoms with E-state index in [1.54, 1.807) is 26.4 Å². The molecule has 0 saturated heterocycles. The Kier molecular flexibility index (Phi) is 5.21. The van der Waals surface area contributed by atoms with Crippen molar-refractivity contribution in [1.29, 1.82) is 0 Å². The maximum Gasteiger partial charge on any atom is 0.269 e. The highest BCUT2D eigenvalue weighted by Crippen LogP contribution is 2.29. The van der Waals surface area contributed by atoms with E-state index in [-0.39, 0.29) is 18.4 Å². The standard InChI is InChI=1S/C18H18N2O6/c1-23-17-8-3-12(9-18(17)24-2)16-10-15(26-19-16)11-25-14-6-4-13(5-7-14)20(21)22/h3-9,15H,10-11H2,1-2H3/t15-/m1/s1. The lowest BCUT2D eigenvalue weighted by Gasteiger charge is -2.11. The summed E-state index contributed by atoms with van der Waals surface area (Å²) in [6.07, 6.45) is 0.357. The van der Waals surface area contributed by atoms with Crippen molar-refractivity contribution in [2.24, 2.45) is 5.16 Å². The second kappa shape index (κ2) is 7.73. The Bertz CT molecular complexity index is 819. The molecule has 2 aromatic carbocycles. The van der Waals surface area contributed by atoms with Crippen molar-refractivity contribution in [3.8, 4) is 17.2 Å². The van der Waals surface area contributed by atoms with Gasteiger partial charge in [0.15, 0.2) is 17.6 Å². The molecule has 0 unspecified atom stereocenters. The number of nitro groups is 1. The Morgan fingerprint density at radius 3 is 2.54 bits per heavy atom. The molecule has 0 aliphatic carbocycles. The maximum atomic E-state index is 10.6. The Balaban J connectivity index is 1.57.